The Morgan fingerprint density at radius 2 is 1.26 bits per heavy atom. The van der Waals surface area contributed by atoms with Gasteiger partial charge in [-0.25, -0.2) is 4.90 Å². The van der Waals surface area contributed by atoms with Gasteiger partial charge in [0.25, 0.3) is 11.8 Å². The van der Waals surface area contributed by atoms with Crippen LogP contribution in [-0.2, 0) is 9.59 Å². The maximum absolute atomic E-state index is 13.6. The standard InChI is InChI=1S/C26H24N2O6/c1-31-19-10-8-16(9-11-19)23-24(27-17-12-21(33-3)15-22(13-17)34-4)26(30)28(25(23)29)18-6-5-7-20(14-18)32-2/h5-15,27H,1-4H3. The molecule has 0 bridgehead atoms. The van der Waals surface area contributed by atoms with Gasteiger partial charge in [0.15, 0.2) is 0 Å². The minimum absolute atomic E-state index is 0.133. The third-order valence-corrected chi connectivity index (χ3v) is 5.39. The lowest BCUT2D eigenvalue weighted by Gasteiger charge is -2.16. The molecule has 0 spiro atoms. The first-order valence-electron chi connectivity index (χ1n) is 10.4. The lowest BCUT2D eigenvalue weighted by molar-refractivity contribution is -0.120. The van der Waals surface area contributed by atoms with E-state index in [2.05, 4.69) is 5.32 Å². The number of rotatable bonds is 8. The van der Waals surface area contributed by atoms with Crippen LogP contribution in [0.4, 0.5) is 11.4 Å². The lowest BCUT2D eigenvalue weighted by atomic mass is 10.0. The maximum atomic E-state index is 13.6. The second-order valence-corrected chi connectivity index (χ2v) is 7.35. The monoisotopic (exact) mass is 460 g/mol. The molecule has 0 atom stereocenters. The van der Waals surface area contributed by atoms with Crippen molar-refractivity contribution in [1.29, 1.82) is 0 Å². The molecule has 34 heavy (non-hydrogen) atoms. The smallest absolute Gasteiger partial charge is 0.282 e. The average Bonchev–Trinajstić information content (AvgIpc) is 3.12. The number of methoxy groups -OCH3 is 4. The van der Waals surface area contributed by atoms with Crippen LogP contribution in [-0.4, -0.2) is 40.3 Å². The quantitative estimate of drug-likeness (QED) is 0.506. The van der Waals surface area contributed by atoms with Gasteiger partial charge in [-0.15, -0.1) is 0 Å². The fourth-order valence-corrected chi connectivity index (χ4v) is 3.68. The summed E-state index contributed by atoms with van der Waals surface area (Å²) in [6.07, 6.45) is 0. The van der Waals surface area contributed by atoms with Crippen LogP contribution in [0.3, 0.4) is 0 Å². The van der Waals surface area contributed by atoms with E-state index in [4.69, 9.17) is 18.9 Å². The summed E-state index contributed by atoms with van der Waals surface area (Å²) in [5, 5.41) is 3.12. The second-order valence-electron chi connectivity index (χ2n) is 7.35. The number of benzene rings is 3. The molecule has 0 saturated heterocycles. The molecule has 2 amide bonds. The van der Waals surface area contributed by atoms with E-state index in [0.29, 0.717) is 39.9 Å². The molecule has 3 aromatic carbocycles. The summed E-state index contributed by atoms with van der Waals surface area (Å²) in [4.78, 5) is 28.3. The predicted molar refractivity (Wildman–Crippen MR) is 129 cm³/mol. The second kappa shape index (κ2) is 9.58. The maximum Gasteiger partial charge on any atom is 0.282 e. The minimum atomic E-state index is -0.495. The molecule has 4 rings (SSSR count). The normalized spacial score (nSPS) is 13.2. The van der Waals surface area contributed by atoms with Crippen molar-refractivity contribution in [3.05, 3.63) is 78.0 Å². The highest BCUT2D eigenvalue weighted by molar-refractivity contribution is 6.46. The molecule has 0 radical (unpaired) electrons. The van der Waals surface area contributed by atoms with Crippen LogP contribution in [0.15, 0.2) is 72.4 Å². The molecule has 1 N–H and O–H groups in total. The van der Waals surface area contributed by atoms with Crippen molar-refractivity contribution in [2.45, 2.75) is 0 Å². The highest BCUT2D eigenvalue weighted by Gasteiger charge is 2.40. The number of hydrogen-bond donors (Lipinski definition) is 1. The van der Waals surface area contributed by atoms with Crippen molar-refractivity contribution < 1.29 is 28.5 Å². The summed E-state index contributed by atoms with van der Waals surface area (Å²) in [6, 6.07) is 18.9. The molecular formula is C26H24N2O6. The number of imide groups is 1. The lowest BCUT2D eigenvalue weighted by Crippen LogP contribution is -2.32. The van der Waals surface area contributed by atoms with E-state index < -0.39 is 11.8 Å². The fraction of sp³-hybridized carbons (Fsp3) is 0.154. The van der Waals surface area contributed by atoms with Crippen LogP contribution in [0, 0.1) is 0 Å². The Kier molecular flexibility index (Phi) is 6.40. The van der Waals surface area contributed by atoms with Crippen LogP contribution < -0.4 is 29.2 Å². The SMILES string of the molecule is COc1ccc(C2=C(Nc3cc(OC)cc(OC)c3)C(=O)N(c3cccc(OC)c3)C2=O)cc1. The van der Waals surface area contributed by atoms with Gasteiger partial charge in [-0.2, -0.15) is 0 Å². The van der Waals surface area contributed by atoms with Gasteiger partial charge in [-0.1, -0.05) is 18.2 Å². The van der Waals surface area contributed by atoms with Gasteiger partial charge in [-0.05, 0) is 29.8 Å². The van der Waals surface area contributed by atoms with Crippen molar-refractivity contribution in [1.82, 2.24) is 0 Å². The highest BCUT2D eigenvalue weighted by Crippen LogP contribution is 2.36. The van der Waals surface area contributed by atoms with E-state index in [9.17, 15) is 9.59 Å². The summed E-state index contributed by atoms with van der Waals surface area (Å²) in [5.74, 6) is 1.29. The minimum Gasteiger partial charge on any atom is -0.497 e. The molecule has 0 fully saturated rings. The number of nitrogens with zero attached hydrogens (tertiary/aromatic N) is 1. The van der Waals surface area contributed by atoms with E-state index in [1.165, 1.54) is 21.3 Å². The molecule has 8 nitrogen and oxygen atoms in total. The zero-order valence-corrected chi connectivity index (χ0v) is 19.2. The summed E-state index contributed by atoms with van der Waals surface area (Å²) < 4.78 is 21.2. The first-order chi connectivity index (χ1) is 16.5. The molecule has 8 heteroatoms. The third-order valence-electron chi connectivity index (χ3n) is 5.39. The Morgan fingerprint density at radius 3 is 1.85 bits per heavy atom. The van der Waals surface area contributed by atoms with Crippen LogP contribution in [0.1, 0.15) is 5.56 Å². The number of ether oxygens (including phenoxy) is 4. The summed E-state index contributed by atoms with van der Waals surface area (Å²) in [5.41, 5.74) is 1.87. The average molecular weight is 460 g/mol. The molecule has 0 aliphatic carbocycles. The van der Waals surface area contributed by atoms with E-state index in [0.717, 1.165) is 4.90 Å². The van der Waals surface area contributed by atoms with E-state index in [1.807, 2.05) is 0 Å². The van der Waals surface area contributed by atoms with Crippen molar-refractivity contribution in [2.75, 3.05) is 38.7 Å². The summed E-state index contributed by atoms with van der Waals surface area (Å²) >= 11 is 0. The van der Waals surface area contributed by atoms with Crippen LogP contribution >= 0.6 is 0 Å². The molecular weight excluding hydrogens is 436 g/mol. The molecule has 1 aliphatic heterocycles. The van der Waals surface area contributed by atoms with Gasteiger partial charge in [0, 0.05) is 30.0 Å². The zero-order valence-electron chi connectivity index (χ0n) is 19.2. The van der Waals surface area contributed by atoms with Crippen molar-refractivity contribution >= 4 is 28.8 Å². The topological polar surface area (TPSA) is 86.3 Å². The third kappa shape index (κ3) is 4.25. The first-order valence-corrected chi connectivity index (χ1v) is 10.4. The summed E-state index contributed by atoms with van der Waals surface area (Å²) in [6.45, 7) is 0. The van der Waals surface area contributed by atoms with Gasteiger partial charge in [0.2, 0.25) is 0 Å². The van der Waals surface area contributed by atoms with Gasteiger partial charge in [0.1, 0.15) is 28.7 Å². The van der Waals surface area contributed by atoms with E-state index in [1.54, 1.807) is 73.8 Å². The predicted octanol–water partition coefficient (Wildman–Crippen LogP) is 4.12. The van der Waals surface area contributed by atoms with Crippen molar-refractivity contribution in [3.8, 4) is 23.0 Å². The largest absolute Gasteiger partial charge is 0.497 e. The summed E-state index contributed by atoms with van der Waals surface area (Å²) in [7, 11) is 6.16. The van der Waals surface area contributed by atoms with Crippen LogP contribution in [0.2, 0.25) is 0 Å². The number of carbonyl (C=O) groups is 2. The van der Waals surface area contributed by atoms with E-state index in [-0.39, 0.29) is 11.3 Å². The highest BCUT2D eigenvalue weighted by atomic mass is 16.5. The number of anilines is 2. The van der Waals surface area contributed by atoms with Crippen LogP contribution in [0.25, 0.3) is 5.57 Å². The van der Waals surface area contributed by atoms with Crippen LogP contribution in [0.5, 0.6) is 23.0 Å². The Hall–Kier alpha value is -4.46. The van der Waals surface area contributed by atoms with Gasteiger partial charge in [-0.3, -0.25) is 9.59 Å². The van der Waals surface area contributed by atoms with Gasteiger partial charge in [0.05, 0.1) is 39.7 Å². The zero-order chi connectivity index (χ0) is 24.2. The molecule has 1 heterocycles. The molecule has 174 valence electrons. The van der Waals surface area contributed by atoms with E-state index >= 15 is 0 Å². The fourth-order valence-electron chi connectivity index (χ4n) is 3.68. The number of nitrogens with one attached hydrogen (secondary N) is 1. The molecule has 0 aromatic heterocycles. The Balaban J connectivity index is 1.82. The molecule has 0 saturated carbocycles. The van der Waals surface area contributed by atoms with Gasteiger partial charge < -0.3 is 24.3 Å². The number of amides is 2. The van der Waals surface area contributed by atoms with Gasteiger partial charge >= 0.3 is 0 Å². The van der Waals surface area contributed by atoms with Crippen molar-refractivity contribution in [3.63, 3.8) is 0 Å². The number of hydrogen-bond acceptors (Lipinski definition) is 7. The Labute approximate surface area is 197 Å². The molecule has 1 aliphatic rings. The molecule has 3 aromatic rings. The Bertz CT molecular complexity index is 1240. The number of carbonyl (C=O) groups excluding carboxylic acids is 2. The Morgan fingerprint density at radius 1 is 0.647 bits per heavy atom. The first kappa shape index (κ1) is 22.7. The van der Waals surface area contributed by atoms with Crippen molar-refractivity contribution in [2.24, 2.45) is 0 Å². The molecule has 0 unspecified atom stereocenters.